The van der Waals surface area contributed by atoms with Crippen molar-refractivity contribution >= 4 is 11.0 Å². The van der Waals surface area contributed by atoms with E-state index in [4.69, 9.17) is 9.15 Å². The van der Waals surface area contributed by atoms with E-state index in [1.54, 1.807) is 0 Å². The van der Waals surface area contributed by atoms with Gasteiger partial charge in [-0.15, -0.1) is 0 Å². The van der Waals surface area contributed by atoms with E-state index in [2.05, 4.69) is 4.98 Å². The van der Waals surface area contributed by atoms with E-state index >= 15 is 0 Å². The fraction of sp³-hybridized carbons (Fsp3) is 0.312. The molecule has 0 saturated carbocycles. The predicted molar refractivity (Wildman–Crippen MR) is 82.4 cm³/mol. The molecule has 1 N–H and O–H groups in total. The summed E-state index contributed by atoms with van der Waals surface area (Å²) in [6.07, 6.45) is 0. The quantitative estimate of drug-likeness (QED) is 0.734. The lowest BCUT2D eigenvalue weighted by Crippen LogP contribution is -2.24. The summed E-state index contributed by atoms with van der Waals surface area (Å²) in [4.78, 5) is 28.6. The van der Waals surface area contributed by atoms with Gasteiger partial charge in [0.05, 0.1) is 6.61 Å². The number of benzene rings is 1. The zero-order chi connectivity index (χ0) is 16.8. The second-order valence-corrected chi connectivity index (χ2v) is 6.51. The van der Waals surface area contributed by atoms with Crippen LogP contribution in [0.3, 0.4) is 0 Å². The van der Waals surface area contributed by atoms with Gasteiger partial charge in [-0.25, -0.2) is 9.18 Å². The van der Waals surface area contributed by atoms with Crippen LogP contribution in [-0.4, -0.2) is 16.6 Å². The van der Waals surface area contributed by atoms with Crippen LogP contribution < -0.4 is 16.0 Å². The number of nitrogens with zero attached hydrogens (tertiary/aromatic N) is 1. The molecule has 23 heavy (non-hydrogen) atoms. The molecule has 2 heterocycles. The van der Waals surface area contributed by atoms with Gasteiger partial charge in [-0.05, 0) is 17.5 Å². The Morgan fingerprint density at radius 2 is 2.00 bits per heavy atom. The van der Waals surface area contributed by atoms with E-state index in [9.17, 15) is 14.0 Å². The summed E-state index contributed by atoms with van der Waals surface area (Å²) >= 11 is 0. The number of aromatic nitrogens is 2. The minimum atomic E-state index is -0.795. The van der Waals surface area contributed by atoms with Crippen LogP contribution in [0.5, 0.6) is 5.75 Å². The highest BCUT2D eigenvalue weighted by Gasteiger charge is 2.17. The van der Waals surface area contributed by atoms with Gasteiger partial charge in [-0.2, -0.15) is 4.98 Å². The summed E-state index contributed by atoms with van der Waals surface area (Å²) in [5.41, 5.74) is -1.19. The van der Waals surface area contributed by atoms with Gasteiger partial charge in [-0.3, -0.25) is 9.78 Å². The molecule has 2 aliphatic rings. The number of fused-ring (bicyclic) bond motifs is 2. The number of ether oxygens (including phenoxy) is 1. The molecule has 0 unspecified atom stereocenters. The lowest BCUT2D eigenvalue weighted by molar-refractivity contribution is 0.191. The first-order chi connectivity index (χ1) is 10.7. The molecule has 0 aliphatic carbocycles. The van der Waals surface area contributed by atoms with Crippen LogP contribution in [0.2, 0.25) is 0 Å². The highest BCUT2D eigenvalue weighted by molar-refractivity contribution is 5.83. The molecule has 0 bridgehead atoms. The summed E-state index contributed by atoms with van der Waals surface area (Å²) < 4.78 is 25.1. The van der Waals surface area contributed by atoms with Crippen LogP contribution in [0.4, 0.5) is 4.39 Å². The van der Waals surface area contributed by atoms with Crippen molar-refractivity contribution in [2.45, 2.75) is 20.8 Å². The smallest absolute Gasteiger partial charge is 0.351 e. The zero-order valence-corrected chi connectivity index (χ0v) is 12.9. The Kier molecular flexibility index (Phi) is 3.43. The second kappa shape index (κ2) is 5.19. The van der Waals surface area contributed by atoms with Crippen molar-refractivity contribution < 1.29 is 13.5 Å². The Morgan fingerprint density at radius 3 is 2.70 bits per heavy atom. The van der Waals surface area contributed by atoms with Gasteiger partial charge in [-0.1, -0.05) is 20.8 Å². The van der Waals surface area contributed by atoms with Crippen molar-refractivity contribution in [2.24, 2.45) is 5.41 Å². The molecule has 120 valence electrons. The summed E-state index contributed by atoms with van der Waals surface area (Å²) in [6, 6.07) is 4.04. The molecular formula is C16H15FN2O4. The summed E-state index contributed by atoms with van der Waals surface area (Å²) in [5.74, 6) is -0.608. The van der Waals surface area contributed by atoms with Crippen molar-refractivity contribution in [3.63, 3.8) is 0 Å². The molecular weight excluding hydrogens is 303 g/mol. The fourth-order valence-corrected chi connectivity index (χ4v) is 2.06. The first-order valence-corrected chi connectivity index (χ1v) is 7.03. The summed E-state index contributed by atoms with van der Waals surface area (Å²) in [5, 5.41) is 0.379. The van der Waals surface area contributed by atoms with Crippen molar-refractivity contribution in [3.8, 4) is 17.2 Å². The van der Waals surface area contributed by atoms with Gasteiger partial charge in [0.1, 0.15) is 11.1 Å². The van der Waals surface area contributed by atoms with E-state index in [-0.39, 0.29) is 28.2 Å². The Morgan fingerprint density at radius 1 is 1.26 bits per heavy atom. The number of hydrogen-bond donors (Lipinski definition) is 1. The monoisotopic (exact) mass is 318 g/mol. The molecule has 0 spiro atoms. The van der Waals surface area contributed by atoms with Crippen molar-refractivity contribution in [1.82, 2.24) is 9.97 Å². The minimum absolute atomic E-state index is 0.0442. The number of nitrogens with one attached hydrogen (secondary N) is 1. The fourth-order valence-electron chi connectivity index (χ4n) is 2.06. The van der Waals surface area contributed by atoms with Crippen molar-refractivity contribution in [3.05, 3.63) is 44.9 Å². The lowest BCUT2D eigenvalue weighted by atomic mass is 9.99. The third-order valence-electron chi connectivity index (χ3n) is 3.13. The van der Waals surface area contributed by atoms with E-state index < -0.39 is 17.1 Å². The van der Waals surface area contributed by atoms with Crippen LogP contribution in [0, 0.1) is 11.2 Å². The molecule has 0 fully saturated rings. The first-order valence-electron chi connectivity index (χ1n) is 7.03. The molecule has 2 aliphatic heterocycles. The van der Waals surface area contributed by atoms with Crippen LogP contribution in [0.1, 0.15) is 20.8 Å². The van der Waals surface area contributed by atoms with E-state index in [0.717, 1.165) is 0 Å². The maximum Gasteiger partial charge on any atom is 0.351 e. The molecule has 7 heteroatoms. The summed E-state index contributed by atoms with van der Waals surface area (Å²) in [6.45, 7) is 6.23. The molecule has 1 aromatic carbocycles. The zero-order valence-electron chi connectivity index (χ0n) is 12.9. The van der Waals surface area contributed by atoms with Gasteiger partial charge >= 0.3 is 5.69 Å². The van der Waals surface area contributed by atoms with Crippen LogP contribution >= 0.6 is 0 Å². The van der Waals surface area contributed by atoms with Gasteiger partial charge in [0.2, 0.25) is 5.89 Å². The number of H-pyrrole nitrogens is 1. The standard InChI is InChI=1S/C16H15FN2O4/c1-16(2,3)7-22-12-6-11-8(5-10(12)17)4-9-13(20)18-15(21)19-14(9)23-11/h4-6H,7H2,1-3H3,(H,18,20,21). The topological polar surface area (TPSA) is 85.2 Å². The predicted octanol–water partition coefficient (Wildman–Crippen LogP) is 2.55. The Bertz CT molecular complexity index is 969. The van der Waals surface area contributed by atoms with Gasteiger partial charge < -0.3 is 9.15 Å². The molecule has 0 saturated heterocycles. The largest absolute Gasteiger partial charge is 0.490 e. The van der Waals surface area contributed by atoms with Gasteiger partial charge in [0, 0.05) is 11.5 Å². The van der Waals surface area contributed by atoms with Crippen molar-refractivity contribution in [1.29, 1.82) is 0 Å². The van der Waals surface area contributed by atoms with Crippen LogP contribution in [0.15, 0.2) is 32.2 Å². The van der Waals surface area contributed by atoms with Crippen LogP contribution in [0.25, 0.3) is 22.4 Å². The lowest BCUT2D eigenvalue weighted by Gasteiger charge is -2.19. The number of rotatable bonds is 2. The molecule has 0 radical (unpaired) electrons. The number of aromatic amines is 1. The average Bonchev–Trinajstić information content (AvgIpc) is 2.42. The maximum absolute atomic E-state index is 14.1. The highest BCUT2D eigenvalue weighted by Crippen LogP contribution is 2.30. The van der Waals surface area contributed by atoms with Crippen LogP contribution in [-0.2, 0) is 0 Å². The SMILES string of the molecule is CC(C)(C)COc1cc2oc3nc(=O)[nH]c(=O)c-3cc2cc1F. The molecule has 0 amide bonds. The Labute approximate surface area is 130 Å². The molecule has 0 aromatic heterocycles. The van der Waals surface area contributed by atoms with E-state index in [0.29, 0.717) is 12.0 Å². The molecule has 1 aromatic rings. The molecule has 3 rings (SSSR count). The van der Waals surface area contributed by atoms with Gasteiger partial charge in [0.15, 0.2) is 11.6 Å². The maximum atomic E-state index is 14.1. The average molecular weight is 318 g/mol. The Hall–Kier alpha value is -2.70. The van der Waals surface area contributed by atoms with E-state index in [1.807, 2.05) is 25.8 Å². The van der Waals surface area contributed by atoms with Gasteiger partial charge in [0.25, 0.3) is 5.56 Å². The number of halogens is 1. The molecule has 0 atom stereocenters. The molecule has 6 nitrogen and oxygen atoms in total. The Balaban J connectivity index is 2.16. The second-order valence-electron chi connectivity index (χ2n) is 6.51. The minimum Gasteiger partial charge on any atom is -0.490 e. The third kappa shape index (κ3) is 3.08. The van der Waals surface area contributed by atoms with E-state index in [1.165, 1.54) is 18.2 Å². The van der Waals surface area contributed by atoms with Crippen molar-refractivity contribution in [2.75, 3.05) is 6.61 Å². The highest BCUT2D eigenvalue weighted by atomic mass is 19.1. The third-order valence-corrected chi connectivity index (χ3v) is 3.13. The summed E-state index contributed by atoms with van der Waals surface area (Å²) in [7, 11) is 0. The normalized spacial score (nSPS) is 12.0. The number of hydrogen-bond acceptors (Lipinski definition) is 5. The first kappa shape index (κ1) is 15.2.